The van der Waals surface area contributed by atoms with Gasteiger partial charge in [-0.05, 0) is 18.2 Å². The molecular weight excluding hydrogens is 254 g/mol. The lowest BCUT2D eigenvalue weighted by Gasteiger charge is -2.10. The normalized spacial score (nSPS) is 10.7. The average Bonchev–Trinajstić information content (AvgIpc) is 2.95. The molecule has 3 N–H and O–H groups in total. The van der Waals surface area contributed by atoms with Crippen molar-refractivity contribution in [3.05, 3.63) is 48.2 Å². The molecular formula is C15H15N3O2. The molecule has 0 saturated carbocycles. The number of nitrogens with one attached hydrogen (secondary N) is 2. The van der Waals surface area contributed by atoms with Crippen molar-refractivity contribution in [2.75, 3.05) is 12.4 Å². The van der Waals surface area contributed by atoms with Crippen molar-refractivity contribution in [1.29, 1.82) is 0 Å². The second kappa shape index (κ2) is 5.13. The summed E-state index contributed by atoms with van der Waals surface area (Å²) < 4.78 is 5.07. The number of rotatable bonds is 4. The summed E-state index contributed by atoms with van der Waals surface area (Å²) in [7, 11) is 1.58. The Kier molecular flexibility index (Phi) is 3.16. The fourth-order valence-electron chi connectivity index (χ4n) is 2.13. The Morgan fingerprint density at radius 1 is 1.30 bits per heavy atom. The van der Waals surface area contributed by atoms with Gasteiger partial charge in [-0.15, -0.1) is 0 Å². The number of para-hydroxylation sites is 1. The van der Waals surface area contributed by atoms with Crippen LogP contribution < -0.4 is 10.1 Å². The molecule has 0 aliphatic carbocycles. The molecule has 3 aromatic rings. The molecule has 3 rings (SSSR count). The third-order valence-corrected chi connectivity index (χ3v) is 3.24. The van der Waals surface area contributed by atoms with E-state index in [9.17, 15) is 5.11 Å². The van der Waals surface area contributed by atoms with Gasteiger partial charge in [0, 0.05) is 23.6 Å². The molecule has 5 heteroatoms. The molecule has 1 aromatic heterocycles. The standard InChI is InChI=1S/C15H15N3O2/c1-20-12-6-5-10(14(19)7-12)8-16-13-4-2-3-11-9-17-18-15(11)13/h2-7,9,16,19H,8H2,1H3,(H,17,18). The first-order valence-electron chi connectivity index (χ1n) is 6.30. The smallest absolute Gasteiger partial charge is 0.124 e. The molecule has 0 aliphatic heterocycles. The summed E-state index contributed by atoms with van der Waals surface area (Å²) in [6.07, 6.45) is 1.78. The summed E-state index contributed by atoms with van der Waals surface area (Å²) in [4.78, 5) is 0. The van der Waals surface area contributed by atoms with E-state index in [1.54, 1.807) is 19.4 Å². The first-order chi connectivity index (χ1) is 9.78. The predicted octanol–water partition coefficient (Wildman–Crippen LogP) is 2.89. The Morgan fingerprint density at radius 3 is 3.00 bits per heavy atom. The van der Waals surface area contributed by atoms with Crippen LogP contribution in [0.15, 0.2) is 42.6 Å². The largest absolute Gasteiger partial charge is 0.507 e. The third kappa shape index (κ3) is 2.25. The molecule has 0 atom stereocenters. The number of fused-ring (bicyclic) bond motifs is 1. The Bertz CT molecular complexity index is 737. The summed E-state index contributed by atoms with van der Waals surface area (Å²) in [6.45, 7) is 0.522. The lowest BCUT2D eigenvalue weighted by atomic mass is 10.1. The van der Waals surface area contributed by atoms with Crippen LogP contribution in [0.25, 0.3) is 10.9 Å². The zero-order valence-electron chi connectivity index (χ0n) is 11.1. The Balaban J connectivity index is 1.81. The number of aromatic amines is 1. The van der Waals surface area contributed by atoms with E-state index in [4.69, 9.17) is 4.74 Å². The van der Waals surface area contributed by atoms with Gasteiger partial charge in [0.1, 0.15) is 11.5 Å². The van der Waals surface area contributed by atoms with E-state index in [1.807, 2.05) is 30.3 Å². The van der Waals surface area contributed by atoms with Gasteiger partial charge in [0.25, 0.3) is 0 Å². The number of phenolic OH excluding ortho intramolecular Hbond substituents is 1. The second-order valence-corrected chi connectivity index (χ2v) is 4.49. The molecule has 0 amide bonds. The van der Waals surface area contributed by atoms with Crippen LogP contribution in [0.4, 0.5) is 5.69 Å². The summed E-state index contributed by atoms with van der Waals surface area (Å²) in [5, 5.41) is 21.3. The number of aromatic nitrogens is 2. The summed E-state index contributed by atoms with van der Waals surface area (Å²) in [5.74, 6) is 0.857. The quantitative estimate of drug-likeness (QED) is 0.681. The summed E-state index contributed by atoms with van der Waals surface area (Å²) >= 11 is 0. The van der Waals surface area contributed by atoms with Crippen molar-refractivity contribution in [2.24, 2.45) is 0 Å². The van der Waals surface area contributed by atoms with Gasteiger partial charge < -0.3 is 15.2 Å². The molecule has 0 saturated heterocycles. The summed E-state index contributed by atoms with van der Waals surface area (Å²) in [5.41, 5.74) is 2.72. The maximum Gasteiger partial charge on any atom is 0.124 e. The number of H-pyrrole nitrogens is 1. The van der Waals surface area contributed by atoms with E-state index >= 15 is 0 Å². The van der Waals surface area contributed by atoms with Crippen molar-refractivity contribution < 1.29 is 9.84 Å². The first-order valence-corrected chi connectivity index (χ1v) is 6.30. The van der Waals surface area contributed by atoms with Crippen LogP contribution in [-0.2, 0) is 6.54 Å². The number of hydrogen-bond acceptors (Lipinski definition) is 4. The number of phenols is 1. The van der Waals surface area contributed by atoms with Crippen LogP contribution in [0, 0.1) is 0 Å². The molecule has 102 valence electrons. The molecule has 5 nitrogen and oxygen atoms in total. The molecule has 0 spiro atoms. The maximum absolute atomic E-state index is 9.93. The van der Waals surface area contributed by atoms with Gasteiger partial charge in [-0.2, -0.15) is 5.10 Å². The van der Waals surface area contributed by atoms with Gasteiger partial charge in [0.15, 0.2) is 0 Å². The number of benzene rings is 2. The zero-order chi connectivity index (χ0) is 13.9. The molecule has 2 aromatic carbocycles. The lowest BCUT2D eigenvalue weighted by Crippen LogP contribution is -2.00. The average molecular weight is 269 g/mol. The fraction of sp³-hybridized carbons (Fsp3) is 0.133. The Labute approximate surface area is 116 Å². The molecule has 0 aliphatic rings. The van der Waals surface area contributed by atoms with Gasteiger partial charge in [-0.3, -0.25) is 5.10 Å². The highest BCUT2D eigenvalue weighted by Gasteiger charge is 2.05. The van der Waals surface area contributed by atoms with E-state index in [1.165, 1.54) is 0 Å². The van der Waals surface area contributed by atoms with Crippen LogP contribution in [0.3, 0.4) is 0 Å². The Hall–Kier alpha value is -2.69. The number of methoxy groups -OCH3 is 1. The topological polar surface area (TPSA) is 70.2 Å². The minimum atomic E-state index is 0.216. The lowest BCUT2D eigenvalue weighted by molar-refractivity contribution is 0.406. The highest BCUT2D eigenvalue weighted by Crippen LogP contribution is 2.26. The van der Waals surface area contributed by atoms with E-state index in [2.05, 4.69) is 15.5 Å². The van der Waals surface area contributed by atoms with E-state index in [-0.39, 0.29) is 5.75 Å². The van der Waals surface area contributed by atoms with E-state index < -0.39 is 0 Å². The van der Waals surface area contributed by atoms with Crippen molar-refractivity contribution in [1.82, 2.24) is 10.2 Å². The van der Waals surface area contributed by atoms with E-state index in [0.29, 0.717) is 12.3 Å². The Morgan fingerprint density at radius 2 is 2.20 bits per heavy atom. The number of aromatic hydroxyl groups is 1. The fourth-order valence-corrected chi connectivity index (χ4v) is 2.13. The number of anilines is 1. The molecule has 0 fully saturated rings. The third-order valence-electron chi connectivity index (χ3n) is 3.24. The maximum atomic E-state index is 9.93. The molecule has 0 unspecified atom stereocenters. The minimum Gasteiger partial charge on any atom is -0.507 e. The van der Waals surface area contributed by atoms with Crippen molar-refractivity contribution >= 4 is 16.6 Å². The van der Waals surface area contributed by atoms with Crippen LogP contribution in [0.5, 0.6) is 11.5 Å². The first kappa shape index (κ1) is 12.3. The highest BCUT2D eigenvalue weighted by molar-refractivity contribution is 5.89. The molecule has 0 radical (unpaired) electrons. The zero-order valence-corrected chi connectivity index (χ0v) is 11.1. The second-order valence-electron chi connectivity index (χ2n) is 4.49. The molecule has 0 bridgehead atoms. The van der Waals surface area contributed by atoms with Crippen molar-refractivity contribution in [2.45, 2.75) is 6.54 Å². The van der Waals surface area contributed by atoms with Crippen LogP contribution in [-0.4, -0.2) is 22.4 Å². The van der Waals surface area contributed by atoms with Crippen LogP contribution in [0.2, 0.25) is 0 Å². The molecule has 1 heterocycles. The number of ether oxygens (including phenoxy) is 1. The monoisotopic (exact) mass is 269 g/mol. The van der Waals surface area contributed by atoms with E-state index in [0.717, 1.165) is 22.2 Å². The van der Waals surface area contributed by atoms with Gasteiger partial charge in [-0.25, -0.2) is 0 Å². The van der Waals surface area contributed by atoms with Gasteiger partial charge in [-0.1, -0.05) is 12.1 Å². The molecule has 20 heavy (non-hydrogen) atoms. The number of nitrogens with zero attached hydrogens (tertiary/aromatic N) is 1. The highest BCUT2D eigenvalue weighted by atomic mass is 16.5. The van der Waals surface area contributed by atoms with Gasteiger partial charge in [0.05, 0.1) is 24.5 Å². The number of hydrogen-bond donors (Lipinski definition) is 3. The van der Waals surface area contributed by atoms with Crippen LogP contribution in [0.1, 0.15) is 5.56 Å². The van der Waals surface area contributed by atoms with Gasteiger partial charge >= 0.3 is 0 Å². The predicted molar refractivity (Wildman–Crippen MR) is 78.1 cm³/mol. The van der Waals surface area contributed by atoms with Crippen molar-refractivity contribution in [3.63, 3.8) is 0 Å². The minimum absolute atomic E-state index is 0.216. The van der Waals surface area contributed by atoms with Crippen molar-refractivity contribution in [3.8, 4) is 11.5 Å². The summed E-state index contributed by atoms with van der Waals surface area (Å²) in [6, 6.07) is 11.2. The van der Waals surface area contributed by atoms with Crippen LogP contribution >= 0.6 is 0 Å². The van der Waals surface area contributed by atoms with Gasteiger partial charge in [0.2, 0.25) is 0 Å². The SMILES string of the molecule is COc1ccc(CNc2cccc3cn[nH]c23)c(O)c1.